The topological polar surface area (TPSA) is 50.3 Å². The van der Waals surface area contributed by atoms with Gasteiger partial charge in [-0.25, -0.2) is 13.4 Å². The fourth-order valence-corrected chi connectivity index (χ4v) is 5.53. The number of aromatic nitrogens is 1. The summed E-state index contributed by atoms with van der Waals surface area (Å²) < 4.78 is 27.2. The third-order valence-corrected chi connectivity index (χ3v) is 6.72. The van der Waals surface area contributed by atoms with E-state index in [9.17, 15) is 8.42 Å². The van der Waals surface area contributed by atoms with Crippen molar-refractivity contribution in [1.29, 1.82) is 0 Å². The van der Waals surface area contributed by atoms with Gasteiger partial charge in [0.15, 0.2) is 8.68 Å². The molecule has 1 fully saturated rings. The van der Waals surface area contributed by atoms with E-state index in [0.29, 0.717) is 6.54 Å². The predicted octanol–water partition coefficient (Wildman–Crippen LogP) is 3.14. The van der Waals surface area contributed by atoms with Crippen molar-refractivity contribution in [3.05, 3.63) is 10.7 Å². The first-order valence-electron chi connectivity index (χ1n) is 6.19. The SMILES string of the molecule is CCCC1CCCCN1S(=O)(=O)c1cnc(Cl)s1. The Bertz CT molecular complexity index is 499. The van der Waals surface area contributed by atoms with E-state index in [2.05, 4.69) is 11.9 Å². The largest absolute Gasteiger partial charge is 0.254 e. The van der Waals surface area contributed by atoms with Crippen LogP contribution in [0.25, 0.3) is 0 Å². The fraction of sp³-hybridized carbons (Fsp3) is 0.727. The van der Waals surface area contributed by atoms with Gasteiger partial charge in [0.25, 0.3) is 10.0 Å². The Morgan fingerprint density at radius 1 is 1.56 bits per heavy atom. The third kappa shape index (κ3) is 2.87. The molecule has 0 bridgehead atoms. The summed E-state index contributed by atoms with van der Waals surface area (Å²) in [6.45, 7) is 2.70. The molecule has 0 saturated carbocycles. The standard InChI is InChI=1S/C11H17ClN2O2S2/c1-2-5-9-6-3-4-7-14(9)18(15,16)10-8-13-11(12)17-10/h8-9H,2-7H2,1H3. The minimum absolute atomic E-state index is 0.134. The van der Waals surface area contributed by atoms with E-state index >= 15 is 0 Å². The molecule has 1 aromatic rings. The minimum atomic E-state index is -3.41. The van der Waals surface area contributed by atoms with Gasteiger partial charge >= 0.3 is 0 Å². The molecule has 1 unspecified atom stereocenters. The van der Waals surface area contributed by atoms with E-state index in [4.69, 9.17) is 11.6 Å². The average Bonchev–Trinajstić information content (AvgIpc) is 2.78. The van der Waals surface area contributed by atoms with Crippen molar-refractivity contribution < 1.29 is 8.42 Å². The van der Waals surface area contributed by atoms with Crippen LogP contribution in [0.4, 0.5) is 0 Å². The van der Waals surface area contributed by atoms with E-state index in [0.717, 1.165) is 43.4 Å². The van der Waals surface area contributed by atoms with Crippen molar-refractivity contribution in [2.45, 2.75) is 49.3 Å². The summed E-state index contributed by atoms with van der Waals surface area (Å²) in [5.74, 6) is 0. The Morgan fingerprint density at radius 3 is 2.94 bits per heavy atom. The van der Waals surface area contributed by atoms with E-state index in [1.54, 1.807) is 4.31 Å². The van der Waals surface area contributed by atoms with Crippen molar-refractivity contribution in [2.75, 3.05) is 6.54 Å². The average molecular weight is 309 g/mol. The highest BCUT2D eigenvalue weighted by Crippen LogP contribution is 2.31. The van der Waals surface area contributed by atoms with Crippen LogP contribution in [0.15, 0.2) is 10.4 Å². The summed E-state index contributed by atoms with van der Waals surface area (Å²) in [5.41, 5.74) is 0. The monoisotopic (exact) mass is 308 g/mol. The zero-order chi connectivity index (χ0) is 13.2. The first-order chi connectivity index (χ1) is 8.55. The molecule has 1 aromatic heterocycles. The number of rotatable bonds is 4. The van der Waals surface area contributed by atoms with Crippen LogP contribution in [-0.4, -0.2) is 30.3 Å². The maximum absolute atomic E-state index is 12.5. The van der Waals surface area contributed by atoms with Crippen LogP contribution < -0.4 is 0 Å². The maximum Gasteiger partial charge on any atom is 0.254 e. The van der Waals surface area contributed by atoms with E-state index in [-0.39, 0.29) is 14.7 Å². The molecule has 0 spiro atoms. The number of thiazole rings is 1. The highest BCUT2D eigenvalue weighted by Gasteiger charge is 2.34. The molecule has 0 amide bonds. The van der Waals surface area contributed by atoms with Crippen LogP contribution >= 0.6 is 22.9 Å². The summed E-state index contributed by atoms with van der Waals surface area (Å²) in [4.78, 5) is 3.83. The van der Waals surface area contributed by atoms with Crippen molar-refractivity contribution in [3.63, 3.8) is 0 Å². The Hall–Kier alpha value is -0.170. The number of nitrogens with zero attached hydrogens (tertiary/aromatic N) is 2. The predicted molar refractivity (Wildman–Crippen MR) is 73.6 cm³/mol. The van der Waals surface area contributed by atoms with Gasteiger partial charge in [-0.15, -0.1) is 0 Å². The maximum atomic E-state index is 12.5. The molecule has 1 aliphatic rings. The smallest absolute Gasteiger partial charge is 0.232 e. The molecule has 0 N–H and O–H groups in total. The second-order valence-electron chi connectivity index (χ2n) is 4.49. The van der Waals surface area contributed by atoms with Crippen LogP contribution in [0.2, 0.25) is 4.47 Å². The number of sulfonamides is 1. The van der Waals surface area contributed by atoms with Crippen molar-refractivity contribution in [2.24, 2.45) is 0 Å². The number of hydrogen-bond donors (Lipinski definition) is 0. The molecule has 1 atom stereocenters. The van der Waals surface area contributed by atoms with Gasteiger partial charge in [-0.1, -0.05) is 42.7 Å². The normalized spacial score (nSPS) is 22.2. The lowest BCUT2D eigenvalue weighted by Gasteiger charge is -2.34. The Morgan fingerprint density at radius 2 is 2.33 bits per heavy atom. The first kappa shape index (κ1) is 14.2. The van der Waals surface area contributed by atoms with Gasteiger partial charge in [0.05, 0.1) is 6.20 Å². The molecular formula is C11H17ClN2O2S2. The van der Waals surface area contributed by atoms with Gasteiger partial charge in [-0.3, -0.25) is 0 Å². The van der Waals surface area contributed by atoms with E-state index < -0.39 is 10.0 Å². The second kappa shape index (κ2) is 5.86. The molecule has 1 saturated heterocycles. The number of hydrogen-bond acceptors (Lipinski definition) is 4. The van der Waals surface area contributed by atoms with Crippen LogP contribution in [-0.2, 0) is 10.0 Å². The van der Waals surface area contributed by atoms with Crippen LogP contribution in [0.5, 0.6) is 0 Å². The highest BCUT2D eigenvalue weighted by molar-refractivity contribution is 7.91. The van der Waals surface area contributed by atoms with Crippen molar-refractivity contribution in [3.8, 4) is 0 Å². The molecular weight excluding hydrogens is 292 g/mol. The quantitative estimate of drug-likeness (QED) is 0.858. The Balaban J connectivity index is 2.27. The second-order valence-corrected chi connectivity index (χ2v) is 8.22. The molecule has 0 radical (unpaired) electrons. The summed E-state index contributed by atoms with van der Waals surface area (Å²) >= 11 is 6.76. The first-order valence-corrected chi connectivity index (χ1v) is 8.82. The molecule has 18 heavy (non-hydrogen) atoms. The van der Waals surface area contributed by atoms with Gasteiger partial charge in [0.1, 0.15) is 0 Å². The third-order valence-electron chi connectivity index (χ3n) is 3.21. The molecule has 4 nitrogen and oxygen atoms in total. The summed E-state index contributed by atoms with van der Waals surface area (Å²) in [5, 5.41) is 0. The molecule has 7 heteroatoms. The molecule has 0 aromatic carbocycles. The van der Waals surface area contributed by atoms with E-state index in [1.807, 2.05) is 0 Å². The van der Waals surface area contributed by atoms with Crippen LogP contribution in [0.3, 0.4) is 0 Å². The molecule has 1 aliphatic heterocycles. The fourth-order valence-electron chi connectivity index (χ4n) is 2.39. The van der Waals surface area contributed by atoms with Crippen LogP contribution in [0, 0.1) is 0 Å². The van der Waals surface area contributed by atoms with E-state index in [1.165, 1.54) is 6.20 Å². The lowest BCUT2D eigenvalue weighted by atomic mass is 10.0. The summed E-state index contributed by atoms with van der Waals surface area (Å²) in [6.07, 6.45) is 6.29. The summed E-state index contributed by atoms with van der Waals surface area (Å²) in [6, 6.07) is 0.134. The molecule has 2 heterocycles. The lowest BCUT2D eigenvalue weighted by Crippen LogP contribution is -2.43. The Kier molecular flexibility index (Phi) is 4.64. The van der Waals surface area contributed by atoms with Gasteiger partial charge in [0.2, 0.25) is 0 Å². The highest BCUT2D eigenvalue weighted by atomic mass is 35.5. The molecule has 2 rings (SSSR count). The number of piperidine rings is 1. The number of halogens is 1. The lowest BCUT2D eigenvalue weighted by molar-refractivity contribution is 0.240. The van der Waals surface area contributed by atoms with Crippen molar-refractivity contribution >= 4 is 33.0 Å². The van der Waals surface area contributed by atoms with Gasteiger partial charge < -0.3 is 0 Å². The zero-order valence-corrected chi connectivity index (χ0v) is 12.7. The summed E-state index contributed by atoms with van der Waals surface area (Å²) in [7, 11) is -3.41. The molecule has 0 aliphatic carbocycles. The minimum Gasteiger partial charge on any atom is -0.232 e. The Labute approximate surface area is 117 Å². The molecule has 102 valence electrons. The van der Waals surface area contributed by atoms with Gasteiger partial charge in [0, 0.05) is 12.6 Å². The van der Waals surface area contributed by atoms with Gasteiger partial charge in [-0.2, -0.15) is 4.31 Å². The van der Waals surface area contributed by atoms with Gasteiger partial charge in [-0.05, 0) is 19.3 Å². The zero-order valence-electron chi connectivity index (χ0n) is 10.3. The van der Waals surface area contributed by atoms with Crippen LogP contribution in [0.1, 0.15) is 39.0 Å². The van der Waals surface area contributed by atoms with Crippen molar-refractivity contribution in [1.82, 2.24) is 9.29 Å².